The van der Waals surface area contributed by atoms with Crippen LogP contribution < -0.4 is 10.2 Å². The van der Waals surface area contributed by atoms with Crippen LogP contribution in [0.15, 0.2) is 53.0 Å². The lowest BCUT2D eigenvalue weighted by atomic mass is 10.2. The third-order valence-electron chi connectivity index (χ3n) is 4.00. The number of aliphatic hydroxyl groups excluding tert-OH is 1. The van der Waals surface area contributed by atoms with Gasteiger partial charge < -0.3 is 14.5 Å². The number of benzene rings is 2. The van der Waals surface area contributed by atoms with Crippen molar-refractivity contribution in [1.29, 1.82) is 0 Å². The van der Waals surface area contributed by atoms with Crippen molar-refractivity contribution in [1.82, 2.24) is 0 Å². The Kier molecular flexibility index (Phi) is 7.26. The zero-order valence-electron chi connectivity index (χ0n) is 14.9. The van der Waals surface area contributed by atoms with E-state index in [0.717, 1.165) is 23.0 Å². The predicted molar refractivity (Wildman–Crippen MR) is 108 cm³/mol. The Morgan fingerprint density at radius 2 is 1.72 bits per heavy atom. The largest absolute Gasteiger partial charge is 0.378 e. The third-order valence-corrected chi connectivity index (χ3v) is 7.05. The molecule has 0 amide bonds. The average Bonchev–Trinajstić information content (AvgIpc) is 2.62. The van der Waals surface area contributed by atoms with Crippen molar-refractivity contribution in [2.45, 2.75) is 25.6 Å². The molecule has 0 aliphatic heterocycles. The summed E-state index contributed by atoms with van der Waals surface area (Å²) in [6.45, 7) is 2.40. The van der Waals surface area contributed by atoms with Crippen molar-refractivity contribution in [2.75, 3.05) is 25.6 Å². The summed E-state index contributed by atoms with van der Waals surface area (Å²) in [4.78, 5) is 1.97. The maximum Gasteiger partial charge on any atom is 0.264 e. The molecule has 2 unspecified atom stereocenters. The molecule has 2 aromatic rings. The molecule has 0 aromatic heterocycles. The second-order valence-electron chi connectivity index (χ2n) is 6.12. The molecule has 0 fully saturated rings. The van der Waals surface area contributed by atoms with E-state index >= 15 is 0 Å². The third kappa shape index (κ3) is 4.95. The number of hydrogen-bond donors (Lipinski definition) is 1. The van der Waals surface area contributed by atoms with Crippen LogP contribution in [0.1, 0.15) is 31.2 Å². The molecular formula is C19H25BrNO3P. The maximum absolute atomic E-state index is 13.7. The highest BCUT2D eigenvalue weighted by Gasteiger charge is 2.36. The van der Waals surface area contributed by atoms with Gasteiger partial charge in [-0.1, -0.05) is 41.4 Å². The van der Waals surface area contributed by atoms with Gasteiger partial charge in [0.2, 0.25) is 0 Å². The van der Waals surface area contributed by atoms with E-state index in [1.165, 1.54) is 0 Å². The number of rotatable bonds is 8. The van der Waals surface area contributed by atoms with Crippen LogP contribution in [0.4, 0.5) is 5.69 Å². The maximum atomic E-state index is 13.7. The van der Waals surface area contributed by atoms with Gasteiger partial charge in [0, 0.05) is 29.6 Å². The number of anilines is 1. The first-order valence-corrected chi connectivity index (χ1v) is 10.8. The van der Waals surface area contributed by atoms with Crippen molar-refractivity contribution in [2.24, 2.45) is 0 Å². The first kappa shape index (κ1) is 20.2. The van der Waals surface area contributed by atoms with Crippen LogP contribution in [0, 0.1) is 0 Å². The Hall–Kier alpha value is -1.13. The second-order valence-corrected chi connectivity index (χ2v) is 9.49. The minimum atomic E-state index is -3.46. The molecule has 0 aliphatic rings. The van der Waals surface area contributed by atoms with Crippen LogP contribution in [0.3, 0.4) is 0 Å². The first-order chi connectivity index (χ1) is 11.9. The highest BCUT2D eigenvalue weighted by molar-refractivity contribution is 9.10. The van der Waals surface area contributed by atoms with Gasteiger partial charge >= 0.3 is 0 Å². The van der Waals surface area contributed by atoms with Gasteiger partial charge in [-0.3, -0.25) is 4.57 Å². The van der Waals surface area contributed by atoms with Crippen molar-refractivity contribution in [3.8, 4) is 0 Å². The van der Waals surface area contributed by atoms with Crippen LogP contribution >= 0.6 is 23.3 Å². The summed E-state index contributed by atoms with van der Waals surface area (Å²) in [7, 11) is 0.437. The number of hydrogen-bond acceptors (Lipinski definition) is 4. The lowest BCUT2D eigenvalue weighted by molar-refractivity contribution is 0.213. The normalized spacial score (nSPS) is 14.8. The second kappa shape index (κ2) is 9.00. The van der Waals surface area contributed by atoms with Crippen molar-refractivity contribution in [3.63, 3.8) is 0 Å². The molecule has 2 atom stereocenters. The highest BCUT2D eigenvalue weighted by Crippen LogP contribution is 2.57. The number of aliphatic hydroxyl groups is 1. The zero-order chi connectivity index (χ0) is 18.4. The van der Waals surface area contributed by atoms with Gasteiger partial charge in [0.15, 0.2) is 5.85 Å². The van der Waals surface area contributed by atoms with E-state index in [2.05, 4.69) is 15.9 Å². The van der Waals surface area contributed by atoms with Gasteiger partial charge in [0.1, 0.15) is 0 Å². The van der Waals surface area contributed by atoms with Gasteiger partial charge in [-0.05, 0) is 48.4 Å². The summed E-state index contributed by atoms with van der Waals surface area (Å²) >= 11 is 3.38. The molecule has 0 heterocycles. The highest BCUT2D eigenvalue weighted by atomic mass is 79.9. The number of halogens is 1. The standard InChI is InChI=1S/C19H25BrNO3P/c1-4-5-14-24-25(23,18-12-10-17(11-13-18)21(2)3)19(22)15-6-8-16(20)9-7-15/h6-13,19,22H,4-5,14H2,1-3H3. The lowest BCUT2D eigenvalue weighted by Gasteiger charge is -2.25. The fraction of sp³-hybridized carbons (Fsp3) is 0.368. The summed E-state index contributed by atoms with van der Waals surface area (Å²) in [6, 6.07) is 14.5. The van der Waals surface area contributed by atoms with Crippen molar-refractivity contribution in [3.05, 3.63) is 58.6 Å². The van der Waals surface area contributed by atoms with Crippen molar-refractivity contribution >= 4 is 34.3 Å². The SMILES string of the molecule is CCCCOP(=O)(c1ccc(N(C)C)cc1)C(O)c1ccc(Br)cc1. The minimum absolute atomic E-state index is 0.358. The number of nitrogens with zero attached hydrogens (tertiary/aromatic N) is 1. The van der Waals surface area contributed by atoms with Gasteiger partial charge in [-0.25, -0.2) is 0 Å². The molecule has 1 N–H and O–H groups in total. The minimum Gasteiger partial charge on any atom is -0.378 e. The van der Waals surface area contributed by atoms with Crippen LogP contribution in [0.5, 0.6) is 0 Å². The van der Waals surface area contributed by atoms with Crippen LogP contribution in [-0.4, -0.2) is 25.8 Å². The van der Waals surface area contributed by atoms with E-state index in [0.29, 0.717) is 17.5 Å². The summed E-state index contributed by atoms with van der Waals surface area (Å²) in [5.74, 6) is -1.19. The Balaban J connectivity index is 2.38. The molecule has 6 heteroatoms. The molecule has 0 saturated carbocycles. The Bertz CT molecular complexity index is 716. The van der Waals surface area contributed by atoms with Gasteiger partial charge in [0.25, 0.3) is 7.37 Å². The Labute approximate surface area is 158 Å². The molecule has 25 heavy (non-hydrogen) atoms. The molecule has 136 valence electrons. The van der Waals surface area contributed by atoms with E-state index in [1.54, 1.807) is 24.3 Å². The smallest absolute Gasteiger partial charge is 0.264 e. The molecule has 4 nitrogen and oxygen atoms in total. The fourth-order valence-electron chi connectivity index (χ4n) is 2.42. The molecule has 2 aromatic carbocycles. The van der Waals surface area contributed by atoms with E-state index in [9.17, 15) is 9.67 Å². The van der Waals surface area contributed by atoms with Crippen LogP contribution in [0.2, 0.25) is 0 Å². The van der Waals surface area contributed by atoms with Gasteiger partial charge in [-0.15, -0.1) is 0 Å². The van der Waals surface area contributed by atoms with Gasteiger partial charge in [0.05, 0.1) is 6.61 Å². The summed E-state index contributed by atoms with van der Waals surface area (Å²) in [5, 5.41) is 11.4. The Morgan fingerprint density at radius 1 is 1.12 bits per heavy atom. The van der Waals surface area contributed by atoms with Crippen LogP contribution in [-0.2, 0) is 9.09 Å². The summed E-state index contributed by atoms with van der Waals surface area (Å²) < 4.78 is 20.3. The predicted octanol–water partition coefficient (Wildman–Crippen LogP) is 4.93. The molecule has 2 rings (SSSR count). The molecule has 0 aliphatic carbocycles. The molecular weight excluding hydrogens is 401 g/mol. The monoisotopic (exact) mass is 425 g/mol. The average molecular weight is 426 g/mol. The topological polar surface area (TPSA) is 49.8 Å². The van der Waals surface area contributed by atoms with Crippen molar-refractivity contribution < 1.29 is 14.2 Å². The first-order valence-electron chi connectivity index (χ1n) is 8.34. The summed E-state index contributed by atoms with van der Waals surface area (Å²) in [6.07, 6.45) is 1.74. The summed E-state index contributed by atoms with van der Waals surface area (Å²) in [5.41, 5.74) is 1.58. The number of unbranched alkanes of at least 4 members (excludes halogenated alkanes) is 1. The fourth-order valence-corrected chi connectivity index (χ4v) is 4.79. The molecule has 0 radical (unpaired) electrons. The Morgan fingerprint density at radius 3 is 2.24 bits per heavy atom. The molecule has 0 spiro atoms. The zero-order valence-corrected chi connectivity index (χ0v) is 17.3. The van der Waals surface area contributed by atoms with E-state index in [4.69, 9.17) is 4.52 Å². The molecule has 0 saturated heterocycles. The van der Waals surface area contributed by atoms with E-state index in [1.807, 2.05) is 50.2 Å². The lowest BCUT2D eigenvalue weighted by Crippen LogP contribution is -2.16. The van der Waals surface area contributed by atoms with Gasteiger partial charge in [-0.2, -0.15) is 0 Å². The van der Waals surface area contributed by atoms with E-state index < -0.39 is 13.2 Å². The van der Waals surface area contributed by atoms with E-state index in [-0.39, 0.29) is 0 Å². The molecule has 0 bridgehead atoms. The quantitative estimate of drug-likeness (QED) is 0.481. The van der Waals surface area contributed by atoms with Crippen LogP contribution in [0.25, 0.3) is 0 Å².